The van der Waals surface area contributed by atoms with Crippen molar-refractivity contribution >= 4 is 0 Å². The van der Waals surface area contributed by atoms with Crippen LogP contribution in [-0.2, 0) is 0 Å². The first-order valence-electron chi connectivity index (χ1n) is 5.92. The molecule has 0 aliphatic heterocycles. The predicted octanol–water partition coefficient (Wildman–Crippen LogP) is 4.42. The van der Waals surface area contributed by atoms with Gasteiger partial charge in [0, 0.05) is 0 Å². The summed E-state index contributed by atoms with van der Waals surface area (Å²) < 4.78 is 0. The fourth-order valence-corrected chi connectivity index (χ4v) is 1.73. The molecule has 1 rings (SSSR count). The number of aromatic hydroxyl groups is 1. The molecule has 15 heavy (non-hydrogen) atoms. The van der Waals surface area contributed by atoms with E-state index in [2.05, 4.69) is 33.8 Å². The number of benzene rings is 1. The minimum atomic E-state index is 0.439. The highest BCUT2D eigenvalue weighted by atomic mass is 16.3. The lowest BCUT2D eigenvalue weighted by Gasteiger charge is -2.15. The molecule has 0 saturated heterocycles. The standard InChI is InChI=1S/C14H22O/c1-5-10(3)12-7-8-14(15)13(9-12)11(4)6-2/h7-11,15H,5-6H2,1-4H3/t10-,11+/m1/s1. The van der Waals surface area contributed by atoms with Gasteiger partial charge in [0.2, 0.25) is 0 Å². The van der Waals surface area contributed by atoms with Gasteiger partial charge in [-0.2, -0.15) is 0 Å². The first kappa shape index (κ1) is 12.1. The molecule has 0 aromatic heterocycles. The highest BCUT2D eigenvalue weighted by molar-refractivity contribution is 5.39. The molecule has 0 unspecified atom stereocenters. The van der Waals surface area contributed by atoms with E-state index >= 15 is 0 Å². The molecule has 1 nitrogen and oxygen atoms in total. The van der Waals surface area contributed by atoms with Crippen molar-refractivity contribution in [2.45, 2.75) is 52.4 Å². The first-order valence-corrected chi connectivity index (χ1v) is 5.92. The van der Waals surface area contributed by atoms with Crippen molar-refractivity contribution in [2.75, 3.05) is 0 Å². The quantitative estimate of drug-likeness (QED) is 0.773. The lowest BCUT2D eigenvalue weighted by Crippen LogP contribution is -1.97. The van der Waals surface area contributed by atoms with Crippen molar-refractivity contribution in [1.82, 2.24) is 0 Å². The molecule has 1 aromatic rings. The maximum absolute atomic E-state index is 9.79. The molecule has 84 valence electrons. The molecule has 0 radical (unpaired) electrons. The zero-order chi connectivity index (χ0) is 11.4. The van der Waals surface area contributed by atoms with Crippen molar-refractivity contribution in [3.8, 4) is 5.75 Å². The molecule has 2 atom stereocenters. The summed E-state index contributed by atoms with van der Waals surface area (Å²) in [5.74, 6) is 1.46. The monoisotopic (exact) mass is 206 g/mol. The maximum atomic E-state index is 9.79. The van der Waals surface area contributed by atoms with Crippen molar-refractivity contribution < 1.29 is 5.11 Å². The van der Waals surface area contributed by atoms with Gasteiger partial charge in [-0.15, -0.1) is 0 Å². The van der Waals surface area contributed by atoms with Crippen LogP contribution in [0.5, 0.6) is 5.75 Å². The van der Waals surface area contributed by atoms with E-state index in [1.165, 1.54) is 5.56 Å². The average molecular weight is 206 g/mol. The Morgan fingerprint density at radius 2 is 1.67 bits per heavy atom. The molecule has 0 fully saturated rings. The summed E-state index contributed by atoms with van der Waals surface area (Å²) >= 11 is 0. The summed E-state index contributed by atoms with van der Waals surface area (Å²) in [5.41, 5.74) is 2.43. The van der Waals surface area contributed by atoms with Gasteiger partial charge in [0.05, 0.1) is 0 Å². The van der Waals surface area contributed by atoms with Crippen LogP contribution in [0, 0.1) is 0 Å². The van der Waals surface area contributed by atoms with E-state index in [0.29, 0.717) is 17.6 Å². The molecule has 0 aliphatic carbocycles. The van der Waals surface area contributed by atoms with E-state index in [1.807, 2.05) is 12.1 Å². The normalized spacial score (nSPS) is 14.9. The van der Waals surface area contributed by atoms with Gasteiger partial charge in [0.1, 0.15) is 5.75 Å². The van der Waals surface area contributed by atoms with Gasteiger partial charge in [-0.1, -0.05) is 39.8 Å². The highest BCUT2D eigenvalue weighted by Crippen LogP contribution is 2.31. The van der Waals surface area contributed by atoms with Crippen LogP contribution in [0.1, 0.15) is 63.5 Å². The van der Waals surface area contributed by atoms with E-state index in [4.69, 9.17) is 0 Å². The Bertz CT molecular complexity index is 317. The molecule has 0 spiro atoms. The van der Waals surface area contributed by atoms with Crippen LogP contribution < -0.4 is 0 Å². The molecule has 1 N–H and O–H groups in total. The summed E-state index contributed by atoms with van der Waals surface area (Å²) in [5, 5.41) is 9.79. The largest absolute Gasteiger partial charge is 0.508 e. The minimum absolute atomic E-state index is 0.439. The van der Waals surface area contributed by atoms with Crippen LogP contribution in [0.15, 0.2) is 18.2 Å². The van der Waals surface area contributed by atoms with Gasteiger partial charge in [0.25, 0.3) is 0 Å². The zero-order valence-electron chi connectivity index (χ0n) is 10.2. The van der Waals surface area contributed by atoms with E-state index < -0.39 is 0 Å². The number of phenolic OH excluding ortho intramolecular Hbond substituents is 1. The third-order valence-corrected chi connectivity index (χ3v) is 3.38. The van der Waals surface area contributed by atoms with Gasteiger partial charge in [-0.3, -0.25) is 0 Å². The first-order chi connectivity index (χ1) is 7.10. The number of hydrogen-bond acceptors (Lipinski definition) is 1. The van der Waals surface area contributed by atoms with Gasteiger partial charge in [-0.25, -0.2) is 0 Å². The van der Waals surface area contributed by atoms with Gasteiger partial charge >= 0.3 is 0 Å². The summed E-state index contributed by atoms with van der Waals surface area (Å²) in [4.78, 5) is 0. The lowest BCUT2D eigenvalue weighted by atomic mass is 9.91. The van der Waals surface area contributed by atoms with Gasteiger partial charge in [0.15, 0.2) is 0 Å². The molecular weight excluding hydrogens is 184 g/mol. The van der Waals surface area contributed by atoms with Crippen molar-refractivity contribution in [2.24, 2.45) is 0 Å². The second-order valence-electron chi connectivity index (χ2n) is 4.44. The van der Waals surface area contributed by atoms with Crippen LogP contribution in [-0.4, -0.2) is 5.11 Å². The SMILES string of the molecule is CC[C@@H](C)c1ccc(O)c([C@@H](C)CC)c1. The maximum Gasteiger partial charge on any atom is 0.119 e. The summed E-state index contributed by atoms with van der Waals surface area (Å²) in [7, 11) is 0. The van der Waals surface area contributed by atoms with Crippen molar-refractivity contribution in [3.63, 3.8) is 0 Å². The topological polar surface area (TPSA) is 20.2 Å². The van der Waals surface area contributed by atoms with E-state index in [9.17, 15) is 5.11 Å². The molecule has 0 heterocycles. The van der Waals surface area contributed by atoms with Gasteiger partial charge in [-0.05, 0) is 41.9 Å². The number of phenols is 1. The van der Waals surface area contributed by atoms with E-state index in [1.54, 1.807) is 0 Å². The van der Waals surface area contributed by atoms with Crippen molar-refractivity contribution in [1.29, 1.82) is 0 Å². The Hall–Kier alpha value is -0.980. The average Bonchev–Trinajstić information content (AvgIpc) is 2.27. The smallest absolute Gasteiger partial charge is 0.119 e. The third kappa shape index (κ3) is 2.74. The molecule has 0 bridgehead atoms. The summed E-state index contributed by atoms with van der Waals surface area (Å²) in [6, 6.07) is 6.04. The molecule has 0 amide bonds. The summed E-state index contributed by atoms with van der Waals surface area (Å²) in [6.45, 7) is 8.74. The number of hydrogen-bond donors (Lipinski definition) is 1. The van der Waals surface area contributed by atoms with Crippen molar-refractivity contribution in [3.05, 3.63) is 29.3 Å². The fraction of sp³-hybridized carbons (Fsp3) is 0.571. The van der Waals surface area contributed by atoms with Crippen LogP contribution in [0.3, 0.4) is 0 Å². The van der Waals surface area contributed by atoms with E-state index in [0.717, 1.165) is 18.4 Å². The Labute approximate surface area is 93.1 Å². The fourth-order valence-electron chi connectivity index (χ4n) is 1.73. The highest BCUT2D eigenvalue weighted by Gasteiger charge is 2.11. The molecule has 1 heteroatoms. The Balaban J connectivity index is 3.05. The summed E-state index contributed by atoms with van der Waals surface area (Å²) in [6.07, 6.45) is 2.21. The van der Waals surface area contributed by atoms with Crippen LogP contribution in [0.4, 0.5) is 0 Å². The molecule has 1 aromatic carbocycles. The second-order valence-corrected chi connectivity index (χ2v) is 4.44. The predicted molar refractivity (Wildman–Crippen MR) is 65.5 cm³/mol. The number of rotatable bonds is 4. The Morgan fingerprint density at radius 3 is 2.20 bits per heavy atom. The van der Waals surface area contributed by atoms with Crippen LogP contribution in [0.25, 0.3) is 0 Å². The lowest BCUT2D eigenvalue weighted by molar-refractivity contribution is 0.461. The Kier molecular flexibility index (Phi) is 4.19. The van der Waals surface area contributed by atoms with Crippen LogP contribution in [0.2, 0.25) is 0 Å². The zero-order valence-corrected chi connectivity index (χ0v) is 10.2. The van der Waals surface area contributed by atoms with Crippen LogP contribution >= 0.6 is 0 Å². The molecule has 0 saturated carbocycles. The minimum Gasteiger partial charge on any atom is -0.508 e. The molecule has 0 aliphatic rings. The van der Waals surface area contributed by atoms with Gasteiger partial charge < -0.3 is 5.11 Å². The second kappa shape index (κ2) is 5.20. The van der Waals surface area contributed by atoms with E-state index in [-0.39, 0.29) is 0 Å². The Morgan fingerprint density at radius 1 is 1.07 bits per heavy atom. The molecular formula is C14H22O. The third-order valence-electron chi connectivity index (χ3n) is 3.38.